The Labute approximate surface area is 172 Å². The lowest BCUT2D eigenvalue weighted by Crippen LogP contribution is -1.93. The van der Waals surface area contributed by atoms with Gasteiger partial charge in [0.1, 0.15) is 17.2 Å². The molecule has 0 spiro atoms. The van der Waals surface area contributed by atoms with Gasteiger partial charge in [0.15, 0.2) is 0 Å². The maximum absolute atomic E-state index is 13.3. The van der Waals surface area contributed by atoms with Gasteiger partial charge in [-0.3, -0.25) is 9.67 Å². The first-order chi connectivity index (χ1) is 14.6. The third kappa shape index (κ3) is 3.20. The van der Waals surface area contributed by atoms with E-state index in [9.17, 15) is 4.39 Å². The van der Waals surface area contributed by atoms with Crippen LogP contribution in [0.1, 0.15) is 0 Å². The Kier molecular flexibility index (Phi) is 4.28. The van der Waals surface area contributed by atoms with Crippen molar-refractivity contribution in [2.24, 2.45) is 14.1 Å². The summed E-state index contributed by atoms with van der Waals surface area (Å²) in [5, 5.41) is 7.60. The molecular formula is C23H19FN6. The van der Waals surface area contributed by atoms with Crippen LogP contribution in [0.3, 0.4) is 0 Å². The summed E-state index contributed by atoms with van der Waals surface area (Å²) >= 11 is 0. The van der Waals surface area contributed by atoms with E-state index in [-0.39, 0.29) is 5.82 Å². The van der Waals surface area contributed by atoms with Crippen LogP contribution in [-0.2, 0) is 14.1 Å². The number of rotatable bonds is 4. The predicted molar refractivity (Wildman–Crippen MR) is 116 cm³/mol. The second kappa shape index (κ2) is 7.11. The van der Waals surface area contributed by atoms with Gasteiger partial charge in [0.25, 0.3) is 0 Å². The molecule has 3 heterocycles. The first kappa shape index (κ1) is 18.1. The molecule has 0 saturated heterocycles. The number of para-hydroxylation sites is 1. The predicted octanol–water partition coefficient (Wildman–Crippen LogP) is 4.92. The van der Waals surface area contributed by atoms with E-state index in [1.165, 1.54) is 12.1 Å². The van der Waals surface area contributed by atoms with Crippen LogP contribution in [0.2, 0.25) is 0 Å². The second-order valence-corrected chi connectivity index (χ2v) is 7.13. The van der Waals surface area contributed by atoms with E-state index < -0.39 is 0 Å². The molecule has 0 aliphatic heterocycles. The number of anilines is 2. The quantitative estimate of drug-likeness (QED) is 0.467. The second-order valence-electron chi connectivity index (χ2n) is 7.13. The first-order valence-corrected chi connectivity index (χ1v) is 9.52. The van der Waals surface area contributed by atoms with Crippen molar-refractivity contribution in [3.05, 3.63) is 79.0 Å². The fraction of sp³-hybridized carbons (Fsp3) is 0.0870. The minimum atomic E-state index is -0.262. The summed E-state index contributed by atoms with van der Waals surface area (Å²) in [6.07, 6.45) is 5.52. The largest absolute Gasteiger partial charge is 0.352 e. The Bertz CT molecular complexity index is 1330. The number of aromatic nitrogens is 5. The van der Waals surface area contributed by atoms with Crippen LogP contribution in [0.5, 0.6) is 0 Å². The average molecular weight is 398 g/mol. The van der Waals surface area contributed by atoms with Gasteiger partial charge in [-0.2, -0.15) is 5.10 Å². The van der Waals surface area contributed by atoms with Gasteiger partial charge in [-0.15, -0.1) is 0 Å². The average Bonchev–Trinajstić information content (AvgIpc) is 3.34. The summed E-state index contributed by atoms with van der Waals surface area (Å²) in [6, 6.07) is 16.3. The topological polar surface area (TPSA) is 60.6 Å². The lowest BCUT2D eigenvalue weighted by Gasteiger charge is -2.07. The van der Waals surface area contributed by atoms with Gasteiger partial charge in [0.05, 0.1) is 35.0 Å². The first-order valence-electron chi connectivity index (χ1n) is 9.52. The summed E-state index contributed by atoms with van der Waals surface area (Å²) in [5.74, 6) is 0.520. The zero-order chi connectivity index (χ0) is 20.7. The number of imidazole rings is 1. The highest BCUT2D eigenvalue weighted by Crippen LogP contribution is 2.30. The lowest BCUT2D eigenvalue weighted by molar-refractivity contribution is 0.628. The molecule has 0 aliphatic carbocycles. The molecule has 0 fully saturated rings. The van der Waals surface area contributed by atoms with E-state index >= 15 is 0 Å². The van der Waals surface area contributed by atoms with Crippen molar-refractivity contribution in [2.45, 2.75) is 0 Å². The van der Waals surface area contributed by atoms with E-state index in [1.807, 2.05) is 55.2 Å². The Morgan fingerprint density at radius 3 is 2.43 bits per heavy atom. The maximum atomic E-state index is 13.3. The van der Waals surface area contributed by atoms with Gasteiger partial charge in [-0.1, -0.05) is 6.07 Å². The van der Waals surface area contributed by atoms with Gasteiger partial charge in [-0.25, -0.2) is 9.37 Å². The van der Waals surface area contributed by atoms with Gasteiger partial charge in [-0.05, 0) is 48.5 Å². The van der Waals surface area contributed by atoms with Crippen LogP contribution < -0.4 is 5.32 Å². The molecule has 148 valence electrons. The molecule has 0 bridgehead atoms. The summed E-state index contributed by atoms with van der Waals surface area (Å²) in [6.45, 7) is 0. The van der Waals surface area contributed by atoms with Gasteiger partial charge in [0, 0.05) is 31.4 Å². The number of hydrogen-bond acceptors (Lipinski definition) is 4. The molecule has 6 nitrogen and oxygen atoms in total. The Morgan fingerprint density at radius 1 is 0.900 bits per heavy atom. The zero-order valence-electron chi connectivity index (χ0n) is 16.5. The minimum Gasteiger partial charge on any atom is -0.352 e. The molecule has 3 aromatic heterocycles. The van der Waals surface area contributed by atoms with Crippen molar-refractivity contribution in [2.75, 3.05) is 5.32 Å². The van der Waals surface area contributed by atoms with Crippen LogP contribution >= 0.6 is 0 Å². The Balaban J connectivity index is 1.49. The van der Waals surface area contributed by atoms with Crippen molar-refractivity contribution < 1.29 is 4.39 Å². The van der Waals surface area contributed by atoms with E-state index in [0.29, 0.717) is 0 Å². The zero-order valence-corrected chi connectivity index (χ0v) is 16.5. The van der Waals surface area contributed by atoms with E-state index in [1.54, 1.807) is 29.2 Å². The van der Waals surface area contributed by atoms with E-state index in [4.69, 9.17) is 4.98 Å². The summed E-state index contributed by atoms with van der Waals surface area (Å²) in [7, 11) is 3.84. The molecule has 5 aromatic rings. The molecular weight excluding hydrogens is 379 g/mol. The normalized spacial score (nSPS) is 11.2. The fourth-order valence-electron chi connectivity index (χ4n) is 3.52. The van der Waals surface area contributed by atoms with Crippen LogP contribution in [0.25, 0.3) is 33.7 Å². The number of halogens is 1. The van der Waals surface area contributed by atoms with Gasteiger partial charge < -0.3 is 9.88 Å². The van der Waals surface area contributed by atoms with Gasteiger partial charge in [0.2, 0.25) is 0 Å². The molecule has 0 aliphatic rings. The third-order valence-corrected chi connectivity index (χ3v) is 5.06. The summed E-state index contributed by atoms with van der Waals surface area (Å²) in [5.41, 5.74) is 6.28. The van der Waals surface area contributed by atoms with Crippen molar-refractivity contribution in [3.8, 4) is 22.6 Å². The van der Waals surface area contributed by atoms with Crippen molar-refractivity contribution in [3.63, 3.8) is 0 Å². The van der Waals surface area contributed by atoms with E-state index in [0.717, 1.165) is 45.1 Å². The number of benzene rings is 2. The van der Waals surface area contributed by atoms with E-state index in [2.05, 4.69) is 15.4 Å². The highest BCUT2D eigenvalue weighted by molar-refractivity contribution is 5.93. The molecule has 2 aromatic carbocycles. The fourth-order valence-corrected chi connectivity index (χ4v) is 3.52. The lowest BCUT2D eigenvalue weighted by atomic mass is 10.2. The van der Waals surface area contributed by atoms with Crippen molar-refractivity contribution in [1.29, 1.82) is 0 Å². The molecule has 0 saturated carbocycles. The maximum Gasteiger partial charge on any atom is 0.140 e. The minimum absolute atomic E-state index is 0.262. The Morgan fingerprint density at radius 2 is 1.73 bits per heavy atom. The molecule has 0 unspecified atom stereocenters. The molecule has 0 amide bonds. The molecule has 1 N–H and O–H groups in total. The molecule has 7 heteroatoms. The smallest absolute Gasteiger partial charge is 0.140 e. The SMILES string of the molecule is Cn1cc(-c2ccc(Nc3cccc4c3nc(-c3ccc(F)cc3)n4C)cn2)cn1. The van der Waals surface area contributed by atoms with Crippen LogP contribution in [0.4, 0.5) is 15.8 Å². The van der Waals surface area contributed by atoms with Crippen LogP contribution in [-0.4, -0.2) is 24.3 Å². The standard InChI is InChI=1S/C23H19FN6/c1-29-14-16(12-26-29)19-11-10-18(13-25-19)27-20-4-3-5-21-22(20)28-23(30(21)2)15-6-8-17(24)9-7-15/h3-14,27H,1-2H3. The Hall–Kier alpha value is -4.00. The summed E-state index contributed by atoms with van der Waals surface area (Å²) in [4.78, 5) is 9.36. The number of nitrogens with one attached hydrogen (secondary N) is 1. The highest BCUT2D eigenvalue weighted by Gasteiger charge is 2.13. The number of pyridine rings is 1. The summed E-state index contributed by atoms with van der Waals surface area (Å²) < 4.78 is 17.1. The molecule has 0 radical (unpaired) electrons. The molecule has 0 atom stereocenters. The number of nitrogens with zero attached hydrogens (tertiary/aromatic N) is 5. The van der Waals surface area contributed by atoms with Crippen molar-refractivity contribution >= 4 is 22.4 Å². The number of fused-ring (bicyclic) bond motifs is 1. The molecule has 30 heavy (non-hydrogen) atoms. The van der Waals surface area contributed by atoms with Crippen LogP contribution in [0.15, 0.2) is 73.2 Å². The van der Waals surface area contributed by atoms with Crippen LogP contribution in [0, 0.1) is 5.82 Å². The highest BCUT2D eigenvalue weighted by atomic mass is 19.1. The molecule has 5 rings (SSSR count). The monoisotopic (exact) mass is 398 g/mol. The van der Waals surface area contributed by atoms with Crippen molar-refractivity contribution in [1.82, 2.24) is 24.3 Å². The third-order valence-electron chi connectivity index (χ3n) is 5.06. The number of aryl methyl sites for hydroxylation is 2. The van der Waals surface area contributed by atoms with Gasteiger partial charge >= 0.3 is 0 Å². The number of hydrogen-bond donors (Lipinski definition) is 1.